The Morgan fingerprint density at radius 2 is 2.04 bits per heavy atom. The zero-order valence-electron chi connectivity index (χ0n) is 13.5. The van der Waals surface area contributed by atoms with Crippen LogP contribution in [0, 0.1) is 5.92 Å². The first kappa shape index (κ1) is 16.9. The molecule has 3 rings (SSSR count). The fourth-order valence-electron chi connectivity index (χ4n) is 3.68. The second-order valence-corrected chi connectivity index (χ2v) is 8.58. The molecule has 132 valence electrons. The van der Waals surface area contributed by atoms with Gasteiger partial charge in [0, 0.05) is 46.1 Å². The molecule has 1 spiro atoms. The van der Waals surface area contributed by atoms with Crippen LogP contribution in [0.25, 0.3) is 0 Å². The summed E-state index contributed by atoms with van der Waals surface area (Å²) in [5, 5.41) is 2.66. The van der Waals surface area contributed by atoms with Gasteiger partial charge in [-0.3, -0.25) is 0 Å². The van der Waals surface area contributed by atoms with Crippen LogP contribution < -0.4 is 5.32 Å². The second kappa shape index (κ2) is 6.54. The van der Waals surface area contributed by atoms with E-state index in [-0.39, 0.29) is 5.92 Å². The number of methoxy groups -OCH3 is 1. The van der Waals surface area contributed by atoms with Gasteiger partial charge in [0.25, 0.3) is 10.2 Å². The van der Waals surface area contributed by atoms with E-state index in [0.717, 1.165) is 12.8 Å². The third kappa shape index (κ3) is 3.47. The average molecular weight is 347 g/mol. The predicted molar refractivity (Wildman–Crippen MR) is 83.1 cm³/mol. The highest BCUT2D eigenvalue weighted by Gasteiger charge is 2.46. The van der Waals surface area contributed by atoms with E-state index in [1.54, 1.807) is 11.4 Å². The van der Waals surface area contributed by atoms with E-state index in [2.05, 4.69) is 5.32 Å². The number of hydrogen-bond acceptors (Lipinski definition) is 5. The molecule has 0 bridgehead atoms. The van der Waals surface area contributed by atoms with Crippen molar-refractivity contribution in [2.45, 2.75) is 31.3 Å². The molecular weight excluding hydrogens is 322 g/mol. The molecule has 0 aliphatic carbocycles. The summed E-state index contributed by atoms with van der Waals surface area (Å²) in [6, 6.07) is 0. The molecule has 1 N–H and O–H groups in total. The zero-order valence-corrected chi connectivity index (χ0v) is 14.3. The van der Waals surface area contributed by atoms with Crippen molar-refractivity contribution in [3.8, 4) is 0 Å². The van der Waals surface area contributed by atoms with Crippen LogP contribution in [0.5, 0.6) is 0 Å². The van der Waals surface area contributed by atoms with Crippen LogP contribution in [0.3, 0.4) is 0 Å². The second-order valence-electron chi connectivity index (χ2n) is 6.65. The van der Waals surface area contributed by atoms with Crippen LogP contribution in [-0.4, -0.2) is 75.2 Å². The molecule has 0 radical (unpaired) electrons. The van der Waals surface area contributed by atoms with E-state index in [0.29, 0.717) is 52.2 Å². The maximum Gasteiger partial charge on any atom is 0.407 e. The topological polar surface area (TPSA) is 88.2 Å². The van der Waals surface area contributed by atoms with Gasteiger partial charge in [-0.2, -0.15) is 17.0 Å². The lowest BCUT2D eigenvalue weighted by atomic mass is 9.93. The fraction of sp³-hybridized carbons (Fsp3) is 0.929. The molecular formula is C14H25N3O5S. The number of piperidine rings is 2. The first-order valence-corrected chi connectivity index (χ1v) is 9.56. The highest BCUT2D eigenvalue weighted by Crippen LogP contribution is 2.31. The molecule has 3 saturated heterocycles. The quantitative estimate of drug-likeness (QED) is 0.783. The third-order valence-electron chi connectivity index (χ3n) is 5.03. The number of rotatable bonds is 4. The van der Waals surface area contributed by atoms with Gasteiger partial charge in [0.15, 0.2) is 0 Å². The lowest BCUT2D eigenvalue weighted by Crippen LogP contribution is -2.54. The Morgan fingerprint density at radius 1 is 1.30 bits per heavy atom. The molecule has 8 nitrogen and oxygen atoms in total. The van der Waals surface area contributed by atoms with Crippen LogP contribution in [0.4, 0.5) is 4.79 Å². The summed E-state index contributed by atoms with van der Waals surface area (Å²) >= 11 is 0. The number of amides is 1. The minimum Gasteiger partial charge on any atom is -0.441 e. The highest BCUT2D eigenvalue weighted by atomic mass is 32.2. The minimum absolute atomic E-state index is 0.264. The molecule has 3 heterocycles. The monoisotopic (exact) mass is 347 g/mol. The Kier molecular flexibility index (Phi) is 4.82. The Morgan fingerprint density at radius 3 is 2.65 bits per heavy atom. The molecule has 3 aliphatic rings. The number of hydrogen-bond donors (Lipinski definition) is 1. The van der Waals surface area contributed by atoms with Crippen molar-refractivity contribution in [1.29, 1.82) is 0 Å². The summed E-state index contributed by atoms with van der Waals surface area (Å²) in [5.74, 6) is 0.264. The summed E-state index contributed by atoms with van der Waals surface area (Å²) in [6.45, 7) is 2.94. The lowest BCUT2D eigenvalue weighted by molar-refractivity contribution is 0.0158. The number of alkyl carbamates (subject to hydrolysis) is 1. The van der Waals surface area contributed by atoms with Gasteiger partial charge in [-0.1, -0.05) is 0 Å². The Labute approximate surface area is 137 Å². The van der Waals surface area contributed by atoms with E-state index >= 15 is 0 Å². The average Bonchev–Trinajstić information content (AvgIpc) is 2.89. The number of nitrogens with one attached hydrogen (secondary N) is 1. The van der Waals surface area contributed by atoms with Crippen molar-refractivity contribution in [3.63, 3.8) is 0 Å². The van der Waals surface area contributed by atoms with Gasteiger partial charge < -0.3 is 14.8 Å². The molecule has 0 aromatic heterocycles. The highest BCUT2D eigenvalue weighted by molar-refractivity contribution is 7.86. The summed E-state index contributed by atoms with van der Waals surface area (Å²) < 4.78 is 39.3. The molecule has 1 atom stereocenters. The maximum absolute atomic E-state index is 12.8. The van der Waals surface area contributed by atoms with Crippen LogP contribution in [0.15, 0.2) is 0 Å². The molecule has 3 fully saturated rings. The number of nitrogens with zero attached hydrogens (tertiary/aromatic N) is 2. The van der Waals surface area contributed by atoms with E-state index in [9.17, 15) is 13.2 Å². The first-order chi connectivity index (χ1) is 11.0. The van der Waals surface area contributed by atoms with Crippen molar-refractivity contribution < 1.29 is 22.7 Å². The summed E-state index contributed by atoms with van der Waals surface area (Å²) in [6.07, 6.45) is 2.55. The third-order valence-corrected chi connectivity index (χ3v) is 7.04. The maximum atomic E-state index is 12.8. The fourth-order valence-corrected chi connectivity index (χ4v) is 5.41. The summed E-state index contributed by atoms with van der Waals surface area (Å²) in [7, 11) is -1.80. The number of carbonyl (C=O) groups excluding carboxylic acids is 1. The van der Waals surface area contributed by atoms with Gasteiger partial charge in [0.05, 0.1) is 13.2 Å². The summed E-state index contributed by atoms with van der Waals surface area (Å²) in [5.41, 5.74) is -0.524. The standard InChI is InChI=1S/C14H25N3O5S/c1-21-10-12-3-2-6-17(9-12)23(19,20)16-7-4-14(5-8-16)11-15-13(18)22-14/h12H,2-11H2,1H3,(H,15,18). The van der Waals surface area contributed by atoms with Crippen molar-refractivity contribution >= 4 is 16.3 Å². The van der Waals surface area contributed by atoms with Crippen LogP contribution in [0.1, 0.15) is 25.7 Å². The van der Waals surface area contributed by atoms with E-state index in [1.807, 2.05) is 0 Å². The first-order valence-electron chi connectivity index (χ1n) is 8.16. The van der Waals surface area contributed by atoms with Crippen LogP contribution in [0.2, 0.25) is 0 Å². The number of ether oxygens (including phenoxy) is 2. The zero-order chi connectivity index (χ0) is 16.5. The molecule has 1 unspecified atom stereocenters. The molecule has 0 saturated carbocycles. The van der Waals surface area contributed by atoms with E-state index in [1.165, 1.54) is 4.31 Å². The molecule has 0 aromatic carbocycles. The largest absolute Gasteiger partial charge is 0.441 e. The Balaban J connectivity index is 1.61. The van der Waals surface area contributed by atoms with Crippen molar-refractivity contribution in [1.82, 2.24) is 13.9 Å². The van der Waals surface area contributed by atoms with Crippen LogP contribution in [-0.2, 0) is 19.7 Å². The SMILES string of the molecule is COCC1CCCN(S(=O)(=O)N2CCC3(CC2)CNC(=O)O3)C1. The van der Waals surface area contributed by atoms with Gasteiger partial charge >= 0.3 is 6.09 Å². The summed E-state index contributed by atoms with van der Waals surface area (Å²) in [4.78, 5) is 11.3. The van der Waals surface area contributed by atoms with Gasteiger partial charge in [-0.25, -0.2) is 4.79 Å². The van der Waals surface area contributed by atoms with E-state index in [4.69, 9.17) is 9.47 Å². The van der Waals surface area contributed by atoms with Crippen LogP contribution >= 0.6 is 0 Å². The van der Waals surface area contributed by atoms with Gasteiger partial charge in [0.2, 0.25) is 0 Å². The molecule has 9 heteroatoms. The smallest absolute Gasteiger partial charge is 0.407 e. The van der Waals surface area contributed by atoms with Gasteiger partial charge in [-0.15, -0.1) is 0 Å². The Hall–Kier alpha value is -0.900. The van der Waals surface area contributed by atoms with Crippen molar-refractivity contribution in [2.75, 3.05) is 46.4 Å². The minimum atomic E-state index is -3.45. The van der Waals surface area contributed by atoms with Crippen molar-refractivity contribution in [2.24, 2.45) is 5.92 Å². The van der Waals surface area contributed by atoms with Crippen molar-refractivity contribution in [3.05, 3.63) is 0 Å². The van der Waals surface area contributed by atoms with Gasteiger partial charge in [-0.05, 0) is 18.8 Å². The van der Waals surface area contributed by atoms with E-state index < -0.39 is 21.9 Å². The lowest BCUT2D eigenvalue weighted by Gasteiger charge is -2.40. The molecule has 1 amide bonds. The predicted octanol–water partition coefficient (Wildman–Crippen LogP) is 0.164. The normalized spacial score (nSPS) is 29.4. The Bertz CT molecular complexity index is 543. The molecule has 0 aromatic rings. The van der Waals surface area contributed by atoms with Gasteiger partial charge in [0.1, 0.15) is 5.60 Å². The number of carbonyl (C=O) groups is 1. The molecule has 3 aliphatic heterocycles. The molecule has 23 heavy (non-hydrogen) atoms.